The lowest BCUT2D eigenvalue weighted by atomic mass is 9.96. The molecule has 0 saturated heterocycles. The van der Waals surface area contributed by atoms with E-state index < -0.39 is 0 Å². The van der Waals surface area contributed by atoms with E-state index in [1.165, 1.54) is 16.9 Å². The summed E-state index contributed by atoms with van der Waals surface area (Å²) in [6.07, 6.45) is 0. The Morgan fingerprint density at radius 1 is 0.909 bits per heavy atom. The van der Waals surface area contributed by atoms with Crippen molar-refractivity contribution in [1.29, 1.82) is 0 Å². The van der Waals surface area contributed by atoms with Gasteiger partial charge in [0, 0.05) is 16.5 Å². The summed E-state index contributed by atoms with van der Waals surface area (Å²) in [6, 6.07) is 15.8. The van der Waals surface area contributed by atoms with Gasteiger partial charge in [-0.2, -0.15) is 0 Å². The Kier molecular flexibility index (Phi) is 3.82. The number of nitrogens with two attached hydrogens (primary N) is 1. The Morgan fingerprint density at radius 2 is 1.45 bits per heavy atom. The molecule has 0 bridgehead atoms. The molecule has 2 nitrogen and oxygen atoms in total. The van der Waals surface area contributed by atoms with Crippen molar-refractivity contribution in [2.75, 3.05) is 5.73 Å². The van der Waals surface area contributed by atoms with E-state index in [0.717, 1.165) is 16.7 Å². The van der Waals surface area contributed by atoms with Gasteiger partial charge in [0.2, 0.25) is 0 Å². The third-order valence-electron chi connectivity index (χ3n) is 3.72. The average Bonchev–Trinajstić information content (AvgIpc) is 2.90. The molecule has 0 saturated carbocycles. The summed E-state index contributed by atoms with van der Waals surface area (Å²) in [5.74, 6) is -0.0191. The predicted octanol–water partition coefficient (Wildman–Crippen LogP) is 4.85. The van der Waals surface area contributed by atoms with Gasteiger partial charge in [-0.05, 0) is 19.4 Å². The van der Waals surface area contributed by atoms with Crippen LogP contribution in [0.3, 0.4) is 0 Å². The molecular weight excluding hydrogens is 290 g/mol. The zero-order valence-corrected chi connectivity index (χ0v) is 13.4. The first-order valence-corrected chi connectivity index (χ1v) is 7.99. The van der Waals surface area contributed by atoms with Crippen LogP contribution in [0.4, 0.5) is 5.00 Å². The Morgan fingerprint density at radius 3 is 2.05 bits per heavy atom. The molecule has 0 aliphatic carbocycles. The standard InChI is InChI=1S/C19H17NOS/c1-12-3-7-14(8-4-12)16-11-22-19(20)17(16)18(21)15-9-5-13(2)6-10-15/h3-11H,20H2,1-2H3. The SMILES string of the molecule is Cc1ccc(C(=O)c2c(-c3ccc(C)cc3)csc2N)cc1. The minimum atomic E-state index is -0.0191. The minimum Gasteiger partial charge on any atom is -0.390 e. The van der Waals surface area contributed by atoms with E-state index in [4.69, 9.17) is 5.73 Å². The molecule has 0 aliphatic heterocycles. The summed E-state index contributed by atoms with van der Waals surface area (Å²) < 4.78 is 0. The van der Waals surface area contributed by atoms with Crippen LogP contribution in [-0.4, -0.2) is 5.78 Å². The van der Waals surface area contributed by atoms with Crippen molar-refractivity contribution in [2.24, 2.45) is 0 Å². The second-order valence-electron chi connectivity index (χ2n) is 5.45. The number of thiophene rings is 1. The van der Waals surface area contributed by atoms with Gasteiger partial charge in [-0.25, -0.2) is 0 Å². The summed E-state index contributed by atoms with van der Waals surface area (Å²) in [6.45, 7) is 4.05. The Bertz CT molecular complexity index is 814. The second-order valence-corrected chi connectivity index (χ2v) is 6.36. The number of hydrogen-bond donors (Lipinski definition) is 1. The van der Waals surface area contributed by atoms with Crippen LogP contribution in [0.2, 0.25) is 0 Å². The van der Waals surface area contributed by atoms with Crippen LogP contribution in [0.15, 0.2) is 53.9 Å². The van der Waals surface area contributed by atoms with E-state index in [9.17, 15) is 4.79 Å². The lowest BCUT2D eigenvalue weighted by Gasteiger charge is -2.06. The van der Waals surface area contributed by atoms with Crippen LogP contribution in [-0.2, 0) is 0 Å². The Labute approximate surface area is 134 Å². The summed E-state index contributed by atoms with van der Waals surface area (Å²) >= 11 is 1.41. The molecule has 1 heterocycles. The number of ketones is 1. The monoisotopic (exact) mass is 307 g/mol. The van der Waals surface area contributed by atoms with Crippen molar-refractivity contribution in [3.8, 4) is 11.1 Å². The molecule has 0 atom stereocenters. The first-order chi connectivity index (χ1) is 10.6. The molecule has 1 aromatic heterocycles. The fourth-order valence-electron chi connectivity index (χ4n) is 2.40. The largest absolute Gasteiger partial charge is 0.390 e. The molecule has 0 radical (unpaired) electrons. The number of carbonyl (C=O) groups is 1. The summed E-state index contributed by atoms with van der Waals surface area (Å²) in [7, 11) is 0. The van der Waals surface area contributed by atoms with Crippen LogP contribution in [0.25, 0.3) is 11.1 Å². The molecule has 0 amide bonds. The zero-order chi connectivity index (χ0) is 15.7. The minimum absolute atomic E-state index is 0.0191. The molecule has 110 valence electrons. The van der Waals surface area contributed by atoms with E-state index in [-0.39, 0.29) is 5.78 Å². The van der Waals surface area contributed by atoms with Gasteiger partial charge in [0.1, 0.15) is 0 Å². The van der Waals surface area contributed by atoms with Crippen LogP contribution in [0.5, 0.6) is 0 Å². The van der Waals surface area contributed by atoms with E-state index in [1.807, 2.05) is 67.8 Å². The van der Waals surface area contributed by atoms with E-state index >= 15 is 0 Å². The maximum Gasteiger partial charge on any atom is 0.196 e. The highest BCUT2D eigenvalue weighted by Gasteiger charge is 2.19. The van der Waals surface area contributed by atoms with Crippen molar-refractivity contribution >= 4 is 22.1 Å². The van der Waals surface area contributed by atoms with Gasteiger partial charge in [-0.3, -0.25) is 4.79 Å². The maximum absolute atomic E-state index is 12.8. The van der Waals surface area contributed by atoms with Crippen LogP contribution < -0.4 is 5.73 Å². The van der Waals surface area contributed by atoms with Crippen LogP contribution in [0.1, 0.15) is 27.0 Å². The molecule has 2 aromatic carbocycles. The number of aryl methyl sites for hydroxylation is 2. The van der Waals surface area contributed by atoms with Gasteiger partial charge in [-0.15, -0.1) is 11.3 Å². The Balaban J connectivity index is 2.07. The average molecular weight is 307 g/mol. The molecular formula is C19H17NOS. The van der Waals surface area contributed by atoms with Gasteiger partial charge in [0.15, 0.2) is 5.78 Å². The molecule has 0 unspecified atom stereocenters. The summed E-state index contributed by atoms with van der Waals surface area (Å²) in [5, 5.41) is 2.53. The van der Waals surface area contributed by atoms with Gasteiger partial charge in [0.05, 0.1) is 10.6 Å². The number of benzene rings is 2. The highest BCUT2D eigenvalue weighted by atomic mass is 32.1. The zero-order valence-electron chi connectivity index (χ0n) is 12.6. The smallest absolute Gasteiger partial charge is 0.196 e. The van der Waals surface area contributed by atoms with Gasteiger partial charge in [0.25, 0.3) is 0 Å². The fraction of sp³-hybridized carbons (Fsp3) is 0.105. The Hall–Kier alpha value is -2.39. The number of rotatable bonds is 3. The fourth-order valence-corrected chi connectivity index (χ4v) is 3.22. The molecule has 0 fully saturated rings. The lowest BCUT2D eigenvalue weighted by molar-refractivity contribution is 0.104. The van der Waals surface area contributed by atoms with Crippen LogP contribution in [0, 0.1) is 13.8 Å². The summed E-state index contributed by atoms with van der Waals surface area (Å²) in [4.78, 5) is 12.8. The van der Waals surface area contributed by atoms with Crippen molar-refractivity contribution in [2.45, 2.75) is 13.8 Å². The first kappa shape index (κ1) is 14.5. The van der Waals surface area contributed by atoms with Gasteiger partial charge < -0.3 is 5.73 Å². The third kappa shape index (κ3) is 2.68. The predicted molar refractivity (Wildman–Crippen MR) is 93.5 cm³/mol. The first-order valence-electron chi connectivity index (χ1n) is 7.11. The second kappa shape index (κ2) is 5.78. The van der Waals surface area contributed by atoms with Crippen molar-refractivity contribution in [3.05, 3.63) is 76.2 Å². The molecule has 3 heteroatoms. The third-order valence-corrected chi connectivity index (χ3v) is 4.53. The normalized spacial score (nSPS) is 10.6. The number of anilines is 1. The molecule has 22 heavy (non-hydrogen) atoms. The molecule has 3 rings (SSSR count). The number of hydrogen-bond acceptors (Lipinski definition) is 3. The maximum atomic E-state index is 12.8. The van der Waals surface area contributed by atoms with E-state index in [2.05, 4.69) is 0 Å². The van der Waals surface area contributed by atoms with E-state index in [0.29, 0.717) is 16.1 Å². The summed E-state index contributed by atoms with van der Waals surface area (Å²) in [5.41, 5.74) is 11.6. The molecule has 3 aromatic rings. The molecule has 0 aliphatic rings. The highest BCUT2D eigenvalue weighted by Crippen LogP contribution is 2.35. The molecule has 2 N–H and O–H groups in total. The van der Waals surface area contributed by atoms with E-state index in [1.54, 1.807) is 0 Å². The lowest BCUT2D eigenvalue weighted by Crippen LogP contribution is -2.04. The van der Waals surface area contributed by atoms with Crippen molar-refractivity contribution in [1.82, 2.24) is 0 Å². The number of carbonyl (C=O) groups excluding carboxylic acids is 1. The topological polar surface area (TPSA) is 43.1 Å². The molecule has 0 spiro atoms. The van der Waals surface area contributed by atoms with Crippen molar-refractivity contribution < 1.29 is 4.79 Å². The number of nitrogen functional groups attached to an aromatic ring is 1. The van der Waals surface area contributed by atoms with Crippen LogP contribution >= 0.6 is 11.3 Å². The van der Waals surface area contributed by atoms with Crippen molar-refractivity contribution in [3.63, 3.8) is 0 Å². The highest BCUT2D eigenvalue weighted by molar-refractivity contribution is 7.15. The van der Waals surface area contributed by atoms with Gasteiger partial charge >= 0.3 is 0 Å². The van der Waals surface area contributed by atoms with Gasteiger partial charge in [-0.1, -0.05) is 59.7 Å². The quantitative estimate of drug-likeness (QED) is 0.703.